The summed E-state index contributed by atoms with van der Waals surface area (Å²) in [6, 6.07) is 9.13. The Morgan fingerprint density at radius 3 is 2.89 bits per heavy atom. The number of thiazole rings is 1. The third-order valence-electron chi connectivity index (χ3n) is 2.76. The first-order valence-electron chi connectivity index (χ1n) is 5.86. The van der Waals surface area contributed by atoms with Crippen molar-refractivity contribution in [3.05, 3.63) is 50.0 Å². The Kier molecular flexibility index (Phi) is 3.00. The number of aromatic nitrogens is 1. The van der Waals surface area contributed by atoms with Crippen molar-refractivity contribution in [2.75, 3.05) is 11.9 Å². The van der Waals surface area contributed by atoms with Crippen LogP contribution in [-0.4, -0.2) is 17.0 Å². The molecule has 2 heterocycles. The molecular weight excluding hydrogens is 262 g/mol. The van der Waals surface area contributed by atoms with Gasteiger partial charge in [-0.3, -0.25) is 19.1 Å². The van der Waals surface area contributed by atoms with Gasteiger partial charge in [-0.05, 0) is 12.1 Å². The Balaban J connectivity index is 1.90. The second kappa shape index (κ2) is 4.81. The predicted molar refractivity (Wildman–Crippen MR) is 73.8 cm³/mol. The van der Waals surface area contributed by atoms with Crippen LogP contribution < -0.4 is 20.2 Å². The maximum atomic E-state index is 12.0. The SMILES string of the molecule is O=C(C=c1sc2n(c1=O)CCN=2)Nc1ccccc1. The number of nitrogens with one attached hydrogen (secondary N) is 1. The molecule has 1 N–H and O–H groups in total. The average Bonchev–Trinajstić information content (AvgIpc) is 2.96. The van der Waals surface area contributed by atoms with Gasteiger partial charge in [0.2, 0.25) is 5.91 Å². The van der Waals surface area contributed by atoms with Crippen molar-refractivity contribution >= 4 is 29.0 Å². The van der Waals surface area contributed by atoms with Crippen molar-refractivity contribution in [1.29, 1.82) is 0 Å². The average molecular weight is 273 g/mol. The van der Waals surface area contributed by atoms with Gasteiger partial charge in [0.05, 0.1) is 6.54 Å². The molecule has 0 radical (unpaired) electrons. The Labute approximate surface area is 112 Å². The van der Waals surface area contributed by atoms with Gasteiger partial charge in [0.1, 0.15) is 4.53 Å². The molecule has 19 heavy (non-hydrogen) atoms. The lowest BCUT2D eigenvalue weighted by atomic mass is 10.3. The zero-order valence-corrected chi connectivity index (χ0v) is 10.8. The zero-order chi connectivity index (χ0) is 13.2. The lowest BCUT2D eigenvalue weighted by molar-refractivity contribution is -0.110. The van der Waals surface area contributed by atoms with Crippen molar-refractivity contribution in [2.45, 2.75) is 6.54 Å². The molecule has 0 unspecified atom stereocenters. The zero-order valence-electron chi connectivity index (χ0n) is 10.00. The number of anilines is 1. The number of para-hydroxylation sites is 1. The van der Waals surface area contributed by atoms with E-state index in [9.17, 15) is 9.59 Å². The first kappa shape index (κ1) is 11.9. The maximum Gasteiger partial charge on any atom is 0.270 e. The Hall–Kier alpha value is -2.21. The van der Waals surface area contributed by atoms with Gasteiger partial charge in [0, 0.05) is 18.3 Å². The van der Waals surface area contributed by atoms with E-state index in [-0.39, 0.29) is 11.5 Å². The molecule has 0 atom stereocenters. The highest BCUT2D eigenvalue weighted by Crippen LogP contribution is 2.04. The molecule has 2 aromatic rings. The van der Waals surface area contributed by atoms with Crippen LogP contribution >= 0.6 is 11.3 Å². The summed E-state index contributed by atoms with van der Waals surface area (Å²) in [6.45, 7) is 1.26. The number of rotatable bonds is 2. The lowest BCUT2D eigenvalue weighted by Crippen LogP contribution is -2.30. The van der Waals surface area contributed by atoms with Gasteiger partial charge < -0.3 is 5.32 Å². The predicted octanol–water partition coefficient (Wildman–Crippen LogP) is -0.0378. The van der Waals surface area contributed by atoms with Crippen LogP contribution in [0.3, 0.4) is 0 Å². The van der Waals surface area contributed by atoms with Crippen LogP contribution in [0.4, 0.5) is 5.69 Å². The summed E-state index contributed by atoms with van der Waals surface area (Å²) in [7, 11) is 0. The number of hydrogen-bond acceptors (Lipinski definition) is 4. The summed E-state index contributed by atoms with van der Waals surface area (Å²) in [5.74, 6) is -0.302. The summed E-state index contributed by atoms with van der Waals surface area (Å²) in [4.78, 5) is 28.7. The minimum atomic E-state index is -0.302. The smallest absolute Gasteiger partial charge is 0.270 e. The van der Waals surface area contributed by atoms with Gasteiger partial charge in [0.15, 0.2) is 4.80 Å². The number of hydrogen-bond donors (Lipinski definition) is 1. The lowest BCUT2D eigenvalue weighted by Gasteiger charge is -1.99. The molecule has 0 saturated heterocycles. The molecule has 0 saturated carbocycles. The highest BCUT2D eigenvalue weighted by molar-refractivity contribution is 7.07. The molecule has 1 aliphatic rings. The van der Waals surface area contributed by atoms with E-state index in [1.54, 1.807) is 16.7 Å². The van der Waals surface area contributed by atoms with Crippen LogP contribution in [0.5, 0.6) is 0 Å². The molecule has 0 fully saturated rings. The van der Waals surface area contributed by atoms with Gasteiger partial charge in [-0.15, -0.1) is 0 Å². The van der Waals surface area contributed by atoms with Gasteiger partial charge in [-0.25, -0.2) is 0 Å². The molecule has 96 valence electrons. The van der Waals surface area contributed by atoms with E-state index in [4.69, 9.17) is 0 Å². The Morgan fingerprint density at radius 1 is 1.37 bits per heavy atom. The second-order valence-corrected chi connectivity index (χ2v) is 5.10. The normalized spacial score (nSPS) is 14.0. The van der Waals surface area contributed by atoms with E-state index >= 15 is 0 Å². The van der Waals surface area contributed by atoms with Crippen LogP contribution in [0, 0.1) is 0 Å². The van der Waals surface area contributed by atoms with E-state index in [0.29, 0.717) is 28.1 Å². The third-order valence-corrected chi connectivity index (χ3v) is 3.81. The molecule has 6 heteroatoms. The van der Waals surface area contributed by atoms with Crippen molar-refractivity contribution in [2.24, 2.45) is 4.99 Å². The van der Waals surface area contributed by atoms with Crippen LogP contribution in [0.15, 0.2) is 40.1 Å². The monoisotopic (exact) mass is 273 g/mol. The fourth-order valence-corrected chi connectivity index (χ4v) is 2.89. The van der Waals surface area contributed by atoms with Crippen molar-refractivity contribution in [1.82, 2.24) is 4.57 Å². The highest BCUT2D eigenvalue weighted by atomic mass is 32.1. The van der Waals surface area contributed by atoms with E-state index in [2.05, 4.69) is 10.3 Å². The molecule has 5 nitrogen and oxygen atoms in total. The van der Waals surface area contributed by atoms with Gasteiger partial charge in [0.25, 0.3) is 5.56 Å². The first-order valence-corrected chi connectivity index (χ1v) is 6.67. The van der Waals surface area contributed by atoms with E-state index in [1.165, 1.54) is 17.4 Å². The second-order valence-electron chi connectivity index (χ2n) is 4.09. The molecule has 0 aliphatic carbocycles. The number of fused-ring (bicyclic) bond motifs is 1. The summed E-state index contributed by atoms with van der Waals surface area (Å²) < 4.78 is 2.03. The van der Waals surface area contributed by atoms with Crippen LogP contribution in [0.2, 0.25) is 0 Å². The molecule has 1 amide bonds. The summed E-state index contributed by atoms with van der Waals surface area (Å²) >= 11 is 1.25. The number of benzene rings is 1. The number of carbonyl (C=O) groups excluding carboxylic acids is 1. The van der Waals surface area contributed by atoms with Gasteiger partial charge in [-0.1, -0.05) is 29.5 Å². The van der Waals surface area contributed by atoms with Gasteiger partial charge >= 0.3 is 0 Å². The van der Waals surface area contributed by atoms with Crippen LogP contribution in [0.1, 0.15) is 0 Å². The molecule has 3 rings (SSSR count). The maximum absolute atomic E-state index is 12.0. The summed E-state index contributed by atoms with van der Waals surface area (Å²) in [5.41, 5.74) is 0.571. The number of carbonyl (C=O) groups is 1. The van der Waals surface area contributed by atoms with Crippen molar-refractivity contribution in [3.8, 4) is 0 Å². The van der Waals surface area contributed by atoms with E-state index in [1.807, 2.05) is 18.2 Å². The standard InChI is InChI=1S/C13H11N3O2S/c17-11(15-9-4-2-1-3-5-9)8-10-12(18)16-7-6-14-13(16)19-10/h1-5,8H,6-7H2,(H,15,17). The molecule has 0 bridgehead atoms. The molecule has 1 aliphatic heterocycles. The van der Waals surface area contributed by atoms with Crippen LogP contribution in [0.25, 0.3) is 6.08 Å². The van der Waals surface area contributed by atoms with E-state index < -0.39 is 0 Å². The number of nitrogens with zero attached hydrogens (tertiary/aromatic N) is 2. The highest BCUT2D eigenvalue weighted by Gasteiger charge is 2.10. The summed E-state index contributed by atoms with van der Waals surface area (Å²) in [6.07, 6.45) is 1.33. The topological polar surface area (TPSA) is 63.5 Å². The summed E-state index contributed by atoms with van der Waals surface area (Å²) in [5, 5.41) is 2.72. The van der Waals surface area contributed by atoms with Crippen LogP contribution in [-0.2, 0) is 11.3 Å². The third kappa shape index (κ3) is 2.34. The molecule has 1 aromatic carbocycles. The molecular formula is C13H11N3O2S. The Bertz CT molecular complexity index is 790. The van der Waals surface area contributed by atoms with Crippen molar-refractivity contribution in [3.63, 3.8) is 0 Å². The largest absolute Gasteiger partial charge is 0.322 e. The minimum Gasteiger partial charge on any atom is -0.322 e. The fraction of sp³-hybridized carbons (Fsp3) is 0.154. The Morgan fingerprint density at radius 2 is 2.16 bits per heavy atom. The molecule has 0 spiro atoms. The van der Waals surface area contributed by atoms with Crippen molar-refractivity contribution < 1.29 is 4.79 Å². The minimum absolute atomic E-state index is 0.135. The quantitative estimate of drug-likeness (QED) is 0.834. The number of amides is 1. The molecule has 1 aromatic heterocycles. The first-order chi connectivity index (χ1) is 9.24. The van der Waals surface area contributed by atoms with E-state index in [0.717, 1.165) is 0 Å². The van der Waals surface area contributed by atoms with Gasteiger partial charge in [-0.2, -0.15) is 0 Å². The fourth-order valence-electron chi connectivity index (χ4n) is 1.89.